The van der Waals surface area contributed by atoms with Gasteiger partial charge in [0.25, 0.3) is 0 Å². The second kappa shape index (κ2) is 8.49. The van der Waals surface area contributed by atoms with E-state index in [9.17, 15) is 5.11 Å². The summed E-state index contributed by atoms with van der Waals surface area (Å²) in [5, 5.41) is 16.8. The van der Waals surface area contributed by atoms with Crippen LogP contribution in [0, 0.1) is 0 Å². The van der Waals surface area contributed by atoms with Crippen LogP contribution in [0.1, 0.15) is 45.7 Å². The van der Waals surface area contributed by atoms with Gasteiger partial charge < -0.3 is 20.6 Å². The van der Waals surface area contributed by atoms with Crippen LogP contribution in [-0.4, -0.2) is 53.8 Å². The van der Waals surface area contributed by atoms with Crippen molar-refractivity contribution in [1.82, 2.24) is 15.5 Å². The van der Waals surface area contributed by atoms with Gasteiger partial charge in [-0.3, -0.25) is 4.99 Å². The number of likely N-dealkylation sites (tertiary alicyclic amines) is 1. The maximum atomic E-state index is 9.75. The van der Waals surface area contributed by atoms with Crippen LogP contribution in [0.25, 0.3) is 0 Å². The number of rotatable bonds is 6. The summed E-state index contributed by atoms with van der Waals surface area (Å²) >= 11 is 0. The van der Waals surface area contributed by atoms with Crippen LogP contribution < -0.4 is 10.6 Å². The summed E-state index contributed by atoms with van der Waals surface area (Å²) in [6.07, 6.45) is 0.579. The predicted octanol–water partition coefficient (Wildman–Crippen LogP) is 2.15. The lowest BCUT2D eigenvalue weighted by molar-refractivity contribution is 0.187. The lowest BCUT2D eigenvalue weighted by atomic mass is 10.0. The Balaban J connectivity index is 1.98. The van der Waals surface area contributed by atoms with Gasteiger partial charge in [-0.25, -0.2) is 0 Å². The summed E-state index contributed by atoms with van der Waals surface area (Å²) in [6.45, 7) is 11.7. The molecular formula is C19H32N4O. The van der Waals surface area contributed by atoms with Crippen LogP contribution in [0.4, 0.5) is 0 Å². The van der Waals surface area contributed by atoms with E-state index in [0.29, 0.717) is 13.1 Å². The molecule has 0 saturated carbocycles. The Labute approximate surface area is 146 Å². The molecule has 24 heavy (non-hydrogen) atoms. The first kappa shape index (κ1) is 18.7. The standard InChI is InChI=1S/C19H32N4O/c1-5-20-18(23-12-11-17(24)13-23)21-14-19(3,4)22-15(2)16-9-7-6-8-10-16/h6-10,15,17,22,24H,5,11-14H2,1-4H3,(H,20,21)/t15?,17-/m1/s1. The molecule has 1 aromatic rings. The molecule has 5 heteroatoms. The van der Waals surface area contributed by atoms with Crippen LogP contribution in [0.2, 0.25) is 0 Å². The van der Waals surface area contributed by atoms with Crippen molar-refractivity contribution in [2.45, 2.75) is 51.8 Å². The molecule has 1 saturated heterocycles. The van der Waals surface area contributed by atoms with Crippen molar-refractivity contribution in [2.24, 2.45) is 4.99 Å². The Morgan fingerprint density at radius 1 is 1.38 bits per heavy atom. The minimum Gasteiger partial charge on any atom is -0.391 e. The van der Waals surface area contributed by atoms with Crippen molar-refractivity contribution < 1.29 is 5.11 Å². The van der Waals surface area contributed by atoms with Gasteiger partial charge in [-0.1, -0.05) is 30.3 Å². The molecule has 0 aromatic heterocycles. The predicted molar refractivity (Wildman–Crippen MR) is 100 cm³/mol. The van der Waals surface area contributed by atoms with Crippen molar-refractivity contribution in [2.75, 3.05) is 26.2 Å². The summed E-state index contributed by atoms with van der Waals surface area (Å²) in [5.74, 6) is 0.899. The summed E-state index contributed by atoms with van der Waals surface area (Å²) in [4.78, 5) is 6.95. The molecule has 5 nitrogen and oxygen atoms in total. The van der Waals surface area contributed by atoms with Gasteiger partial charge in [-0.15, -0.1) is 0 Å². The number of β-amino-alcohol motifs (C(OH)–C–C–N with tert-alkyl or cyclic N) is 1. The van der Waals surface area contributed by atoms with E-state index in [1.807, 2.05) is 6.07 Å². The van der Waals surface area contributed by atoms with Crippen LogP contribution in [-0.2, 0) is 0 Å². The highest BCUT2D eigenvalue weighted by atomic mass is 16.3. The van der Waals surface area contributed by atoms with Gasteiger partial charge in [0, 0.05) is 31.2 Å². The van der Waals surface area contributed by atoms with E-state index in [1.54, 1.807) is 0 Å². The molecule has 1 aliphatic heterocycles. The third-order valence-electron chi connectivity index (χ3n) is 4.33. The smallest absolute Gasteiger partial charge is 0.194 e. The summed E-state index contributed by atoms with van der Waals surface area (Å²) in [7, 11) is 0. The molecule has 134 valence electrons. The Kier molecular flexibility index (Phi) is 6.63. The molecule has 1 heterocycles. The fraction of sp³-hybridized carbons (Fsp3) is 0.632. The second-order valence-electron chi connectivity index (χ2n) is 7.22. The number of hydrogen-bond acceptors (Lipinski definition) is 3. The number of nitrogens with one attached hydrogen (secondary N) is 2. The summed E-state index contributed by atoms with van der Waals surface area (Å²) < 4.78 is 0. The van der Waals surface area contributed by atoms with Crippen LogP contribution in [0.5, 0.6) is 0 Å². The Morgan fingerprint density at radius 2 is 2.08 bits per heavy atom. The van der Waals surface area contributed by atoms with Gasteiger partial charge in [0.05, 0.1) is 12.6 Å². The third-order valence-corrected chi connectivity index (χ3v) is 4.33. The maximum absolute atomic E-state index is 9.75. The largest absolute Gasteiger partial charge is 0.391 e. The highest BCUT2D eigenvalue weighted by molar-refractivity contribution is 5.80. The van der Waals surface area contributed by atoms with Gasteiger partial charge in [0.1, 0.15) is 0 Å². The van der Waals surface area contributed by atoms with E-state index in [4.69, 9.17) is 4.99 Å². The molecular weight excluding hydrogens is 300 g/mol. The molecule has 2 rings (SSSR count). The van der Waals surface area contributed by atoms with Gasteiger partial charge >= 0.3 is 0 Å². The van der Waals surface area contributed by atoms with Crippen molar-refractivity contribution in [1.29, 1.82) is 0 Å². The van der Waals surface area contributed by atoms with E-state index in [0.717, 1.165) is 25.5 Å². The van der Waals surface area contributed by atoms with Crippen molar-refractivity contribution in [3.05, 3.63) is 35.9 Å². The van der Waals surface area contributed by atoms with Gasteiger partial charge in [-0.05, 0) is 39.7 Å². The second-order valence-corrected chi connectivity index (χ2v) is 7.22. The van der Waals surface area contributed by atoms with Gasteiger partial charge in [0.2, 0.25) is 0 Å². The Bertz CT molecular complexity index is 529. The zero-order chi connectivity index (χ0) is 17.6. The highest BCUT2D eigenvalue weighted by Gasteiger charge is 2.25. The average molecular weight is 332 g/mol. The lowest BCUT2D eigenvalue weighted by Gasteiger charge is -2.30. The first-order valence-electron chi connectivity index (χ1n) is 8.95. The number of aliphatic hydroxyl groups excluding tert-OH is 1. The number of nitrogens with zero attached hydrogens (tertiary/aromatic N) is 2. The van der Waals surface area contributed by atoms with E-state index in [2.05, 4.69) is 67.5 Å². The van der Waals surface area contributed by atoms with E-state index in [1.165, 1.54) is 5.56 Å². The Morgan fingerprint density at radius 3 is 2.67 bits per heavy atom. The zero-order valence-corrected chi connectivity index (χ0v) is 15.4. The van der Waals surface area contributed by atoms with Crippen molar-refractivity contribution in [3.8, 4) is 0 Å². The van der Waals surface area contributed by atoms with Gasteiger partial charge in [0.15, 0.2) is 5.96 Å². The van der Waals surface area contributed by atoms with E-state index >= 15 is 0 Å². The van der Waals surface area contributed by atoms with E-state index in [-0.39, 0.29) is 17.7 Å². The average Bonchev–Trinajstić information content (AvgIpc) is 2.98. The quantitative estimate of drug-likeness (QED) is 0.552. The molecule has 0 radical (unpaired) electrons. The fourth-order valence-electron chi connectivity index (χ4n) is 3.09. The van der Waals surface area contributed by atoms with Crippen LogP contribution >= 0.6 is 0 Å². The molecule has 0 bridgehead atoms. The molecule has 1 unspecified atom stereocenters. The molecule has 0 aliphatic carbocycles. The van der Waals surface area contributed by atoms with Gasteiger partial charge in [-0.2, -0.15) is 0 Å². The SMILES string of the molecule is CCNC(=NCC(C)(C)NC(C)c1ccccc1)N1CC[C@@H](O)C1. The monoisotopic (exact) mass is 332 g/mol. The first-order chi connectivity index (χ1) is 11.4. The van der Waals surface area contributed by atoms with Crippen molar-refractivity contribution in [3.63, 3.8) is 0 Å². The molecule has 2 atom stereocenters. The molecule has 1 aliphatic rings. The number of hydrogen-bond donors (Lipinski definition) is 3. The number of guanidine groups is 1. The third kappa shape index (κ3) is 5.49. The molecule has 0 spiro atoms. The van der Waals surface area contributed by atoms with E-state index < -0.39 is 0 Å². The Hall–Kier alpha value is -1.59. The van der Waals surface area contributed by atoms with Crippen LogP contribution in [0.3, 0.4) is 0 Å². The highest BCUT2D eigenvalue weighted by Crippen LogP contribution is 2.17. The fourth-order valence-corrected chi connectivity index (χ4v) is 3.09. The molecule has 1 fully saturated rings. The normalized spacial score (nSPS) is 20.3. The first-order valence-corrected chi connectivity index (χ1v) is 8.95. The van der Waals surface area contributed by atoms with Crippen LogP contribution in [0.15, 0.2) is 35.3 Å². The lowest BCUT2D eigenvalue weighted by Crippen LogP contribution is -2.46. The molecule has 1 aromatic carbocycles. The topological polar surface area (TPSA) is 59.9 Å². The summed E-state index contributed by atoms with van der Waals surface area (Å²) in [5.41, 5.74) is 1.16. The zero-order valence-electron chi connectivity index (χ0n) is 15.4. The minimum absolute atomic E-state index is 0.117. The van der Waals surface area contributed by atoms with Crippen molar-refractivity contribution >= 4 is 5.96 Å². The minimum atomic E-state index is -0.238. The number of benzene rings is 1. The number of aliphatic imine (C=N–C) groups is 1. The molecule has 3 N–H and O–H groups in total. The number of aliphatic hydroxyl groups is 1. The molecule has 0 amide bonds. The summed E-state index contributed by atoms with van der Waals surface area (Å²) in [6, 6.07) is 10.7. The maximum Gasteiger partial charge on any atom is 0.194 e.